The molecule has 3 rings (SSSR count). The number of benzene rings is 2. The SMILES string of the molecule is CCC(C(=O)O)c1nc2c(OCc3ccccc3)cccc2[nH]c1=O. The minimum atomic E-state index is -1.07. The van der Waals surface area contributed by atoms with E-state index >= 15 is 0 Å². The third kappa shape index (κ3) is 3.52. The van der Waals surface area contributed by atoms with Crippen LogP contribution in [0, 0.1) is 0 Å². The van der Waals surface area contributed by atoms with E-state index < -0.39 is 17.4 Å². The Balaban J connectivity index is 2.01. The largest absolute Gasteiger partial charge is 0.487 e. The van der Waals surface area contributed by atoms with Gasteiger partial charge in [-0.3, -0.25) is 9.59 Å². The Labute approximate surface area is 144 Å². The molecule has 0 radical (unpaired) electrons. The van der Waals surface area contributed by atoms with Crippen LogP contribution in [0.2, 0.25) is 0 Å². The van der Waals surface area contributed by atoms with Gasteiger partial charge in [0.15, 0.2) is 0 Å². The van der Waals surface area contributed by atoms with E-state index in [1.807, 2.05) is 30.3 Å². The lowest BCUT2D eigenvalue weighted by Gasteiger charge is -2.12. The number of fused-ring (bicyclic) bond motifs is 1. The van der Waals surface area contributed by atoms with Crippen molar-refractivity contribution in [2.75, 3.05) is 0 Å². The highest BCUT2D eigenvalue weighted by atomic mass is 16.5. The summed E-state index contributed by atoms with van der Waals surface area (Å²) in [5, 5.41) is 9.32. The number of carboxylic acids is 1. The Kier molecular flexibility index (Phi) is 4.79. The Bertz CT molecular complexity index is 951. The van der Waals surface area contributed by atoms with E-state index in [9.17, 15) is 14.7 Å². The Morgan fingerprint density at radius 3 is 2.64 bits per heavy atom. The summed E-state index contributed by atoms with van der Waals surface area (Å²) in [6.07, 6.45) is 0.282. The molecular formula is C19H18N2O4. The maximum absolute atomic E-state index is 12.2. The van der Waals surface area contributed by atoms with Gasteiger partial charge in [-0.2, -0.15) is 0 Å². The lowest BCUT2D eigenvalue weighted by atomic mass is 10.0. The number of aliphatic carboxylic acids is 1. The zero-order valence-electron chi connectivity index (χ0n) is 13.7. The first-order chi connectivity index (χ1) is 12.1. The normalized spacial score (nSPS) is 12.0. The average Bonchev–Trinajstić information content (AvgIpc) is 2.61. The topological polar surface area (TPSA) is 92.3 Å². The Morgan fingerprint density at radius 2 is 1.96 bits per heavy atom. The summed E-state index contributed by atoms with van der Waals surface area (Å²) in [5.41, 5.74) is 1.48. The van der Waals surface area contributed by atoms with Crippen LogP contribution in [-0.2, 0) is 11.4 Å². The van der Waals surface area contributed by atoms with Crippen LogP contribution in [0.3, 0.4) is 0 Å². The maximum atomic E-state index is 12.2. The predicted octanol–water partition coefficient (Wildman–Crippen LogP) is 3.08. The minimum Gasteiger partial charge on any atom is -0.487 e. The highest BCUT2D eigenvalue weighted by Gasteiger charge is 2.23. The van der Waals surface area contributed by atoms with Gasteiger partial charge in [-0.25, -0.2) is 4.98 Å². The summed E-state index contributed by atoms with van der Waals surface area (Å²) in [6.45, 7) is 2.06. The van der Waals surface area contributed by atoms with Gasteiger partial charge >= 0.3 is 5.97 Å². The quantitative estimate of drug-likeness (QED) is 0.720. The van der Waals surface area contributed by atoms with Gasteiger partial charge in [0.1, 0.15) is 29.5 Å². The number of para-hydroxylation sites is 1. The molecule has 3 aromatic rings. The summed E-state index contributed by atoms with van der Waals surface area (Å²) >= 11 is 0. The smallest absolute Gasteiger partial charge is 0.312 e. The Hall–Kier alpha value is -3.15. The third-order valence-corrected chi connectivity index (χ3v) is 3.99. The first-order valence-corrected chi connectivity index (χ1v) is 8.02. The molecule has 0 aliphatic heterocycles. The van der Waals surface area contributed by atoms with Gasteiger partial charge in [0.2, 0.25) is 0 Å². The van der Waals surface area contributed by atoms with Crippen molar-refractivity contribution >= 4 is 17.0 Å². The number of hydrogen-bond donors (Lipinski definition) is 2. The number of aromatic amines is 1. The van der Waals surface area contributed by atoms with E-state index in [0.29, 0.717) is 23.4 Å². The fourth-order valence-corrected chi connectivity index (χ4v) is 2.67. The highest BCUT2D eigenvalue weighted by molar-refractivity contribution is 5.82. The highest BCUT2D eigenvalue weighted by Crippen LogP contribution is 2.24. The van der Waals surface area contributed by atoms with Gasteiger partial charge in [-0.15, -0.1) is 0 Å². The predicted molar refractivity (Wildman–Crippen MR) is 93.8 cm³/mol. The molecule has 0 saturated heterocycles. The van der Waals surface area contributed by atoms with E-state index in [1.165, 1.54) is 0 Å². The lowest BCUT2D eigenvalue weighted by Crippen LogP contribution is -2.23. The molecule has 1 atom stereocenters. The molecule has 0 aliphatic rings. The molecule has 25 heavy (non-hydrogen) atoms. The van der Waals surface area contributed by atoms with Crippen molar-refractivity contribution in [3.63, 3.8) is 0 Å². The second kappa shape index (κ2) is 7.17. The van der Waals surface area contributed by atoms with Crippen molar-refractivity contribution in [1.29, 1.82) is 0 Å². The maximum Gasteiger partial charge on any atom is 0.312 e. The minimum absolute atomic E-state index is 0.00161. The summed E-state index contributed by atoms with van der Waals surface area (Å²) in [4.78, 5) is 30.6. The van der Waals surface area contributed by atoms with Crippen molar-refractivity contribution in [3.05, 3.63) is 70.1 Å². The zero-order chi connectivity index (χ0) is 17.8. The summed E-state index contributed by atoms with van der Waals surface area (Å²) < 4.78 is 5.84. The molecule has 1 aromatic heterocycles. The number of ether oxygens (including phenoxy) is 1. The molecule has 2 N–H and O–H groups in total. The number of H-pyrrole nitrogens is 1. The summed E-state index contributed by atoms with van der Waals surface area (Å²) in [7, 11) is 0. The van der Waals surface area contributed by atoms with Crippen LogP contribution < -0.4 is 10.3 Å². The molecule has 6 heteroatoms. The van der Waals surface area contributed by atoms with Crippen LogP contribution in [-0.4, -0.2) is 21.0 Å². The molecule has 0 amide bonds. The zero-order valence-corrected chi connectivity index (χ0v) is 13.7. The van der Waals surface area contributed by atoms with Crippen LogP contribution in [0.1, 0.15) is 30.5 Å². The van der Waals surface area contributed by atoms with Gasteiger partial charge in [0.05, 0.1) is 5.52 Å². The van der Waals surface area contributed by atoms with Crippen LogP contribution in [0.25, 0.3) is 11.0 Å². The van der Waals surface area contributed by atoms with E-state index in [0.717, 1.165) is 5.56 Å². The fraction of sp³-hybridized carbons (Fsp3) is 0.211. The number of rotatable bonds is 6. The number of hydrogen-bond acceptors (Lipinski definition) is 4. The molecule has 0 spiro atoms. The first kappa shape index (κ1) is 16.7. The van der Waals surface area contributed by atoms with Crippen molar-refractivity contribution in [3.8, 4) is 5.75 Å². The van der Waals surface area contributed by atoms with Gasteiger partial charge < -0.3 is 14.8 Å². The molecule has 1 heterocycles. The Morgan fingerprint density at radius 1 is 1.20 bits per heavy atom. The van der Waals surface area contributed by atoms with E-state index in [1.54, 1.807) is 25.1 Å². The monoisotopic (exact) mass is 338 g/mol. The number of nitrogens with zero attached hydrogens (tertiary/aromatic N) is 1. The molecule has 2 aromatic carbocycles. The van der Waals surface area contributed by atoms with E-state index in [-0.39, 0.29) is 12.1 Å². The van der Waals surface area contributed by atoms with Crippen molar-refractivity contribution < 1.29 is 14.6 Å². The molecule has 0 aliphatic carbocycles. The molecule has 0 saturated carbocycles. The van der Waals surface area contributed by atoms with Gasteiger partial charge in [0, 0.05) is 0 Å². The molecule has 0 bridgehead atoms. The summed E-state index contributed by atoms with van der Waals surface area (Å²) in [5.74, 6) is -1.52. The summed E-state index contributed by atoms with van der Waals surface area (Å²) in [6, 6.07) is 14.9. The fourth-order valence-electron chi connectivity index (χ4n) is 2.67. The second-order valence-electron chi connectivity index (χ2n) is 5.68. The molecular weight excluding hydrogens is 320 g/mol. The van der Waals surface area contributed by atoms with Crippen molar-refractivity contribution in [1.82, 2.24) is 9.97 Å². The molecule has 6 nitrogen and oxygen atoms in total. The van der Waals surface area contributed by atoms with Gasteiger partial charge in [0.25, 0.3) is 5.56 Å². The van der Waals surface area contributed by atoms with E-state index in [4.69, 9.17) is 4.74 Å². The van der Waals surface area contributed by atoms with E-state index in [2.05, 4.69) is 9.97 Å². The standard InChI is InChI=1S/C19H18N2O4/c1-2-13(19(23)24)16-18(22)20-14-9-6-10-15(17(14)21-16)25-11-12-7-4-3-5-8-12/h3-10,13H,2,11H2,1H3,(H,20,22)(H,23,24). The van der Waals surface area contributed by atoms with Crippen LogP contribution >= 0.6 is 0 Å². The number of aromatic nitrogens is 2. The molecule has 128 valence electrons. The molecule has 1 unspecified atom stereocenters. The van der Waals surface area contributed by atoms with Crippen molar-refractivity contribution in [2.45, 2.75) is 25.9 Å². The molecule has 0 fully saturated rings. The lowest BCUT2D eigenvalue weighted by molar-refractivity contribution is -0.139. The van der Waals surface area contributed by atoms with Crippen LogP contribution in [0.4, 0.5) is 0 Å². The average molecular weight is 338 g/mol. The second-order valence-corrected chi connectivity index (χ2v) is 5.68. The van der Waals surface area contributed by atoms with Gasteiger partial charge in [-0.05, 0) is 24.1 Å². The first-order valence-electron chi connectivity index (χ1n) is 8.02. The number of nitrogens with one attached hydrogen (secondary N) is 1. The van der Waals surface area contributed by atoms with Gasteiger partial charge in [-0.1, -0.05) is 43.3 Å². The number of carbonyl (C=O) groups is 1. The third-order valence-electron chi connectivity index (χ3n) is 3.99. The van der Waals surface area contributed by atoms with Crippen LogP contribution in [0.15, 0.2) is 53.3 Å². The van der Waals surface area contributed by atoms with Crippen molar-refractivity contribution in [2.24, 2.45) is 0 Å². The van der Waals surface area contributed by atoms with Crippen LogP contribution in [0.5, 0.6) is 5.75 Å². The number of carboxylic acid groups (broad SMARTS) is 1.